The van der Waals surface area contributed by atoms with Gasteiger partial charge in [0.15, 0.2) is 0 Å². The summed E-state index contributed by atoms with van der Waals surface area (Å²) in [6.07, 6.45) is 9.02. The molecule has 2 aromatic heterocycles. The first-order valence-electron chi connectivity index (χ1n) is 12.0. The van der Waals surface area contributed by atoms with Crippen LogP contribution in [0, 0.1) is 0 Å². The molecule has 0 unspecified atom stereocenters. The highest BCUT2D eigenvalue weighted by atomic mass is 16.1. The third-order valence-electron chi connectivity index (χ3n) is 6.34. The van der Waals surface area contributed by atoms with Crippen molar-refractivity contribution in [2.75, 3.05) is 36.0 Å². The fraction of sp³-hybridized carbons (Fsp3) is 0.385. The molecular weight excluding hydrogens is 412 g/mol. The number of fused-ring (bicyclic) bond motifs is 1. The largest absolute Gasteiger partial charge is 0.352 e. The molecule has 1 amide bonds. The Morgan fingerprint density at radius 3 is 2.73 bits per heavy atom. The molecule has 1 fully saturated rings. The predicted molar refractivity (Wildman–Crippen MR) is 131 cm³/mol. The van der Waals surface area contributed by atoms with E-state index in [4.69, 9.17) is 9.97 Å². The van der Waals surface area contributed by atoms with Gasteiger partial charge in [0.2, 0.25) is 5.95 Å². The number of carbonyl (C=O) groups is 1. The number of hydrogen-bond donors (Lipinski definition) is 1. The Morgan fingerprint density at radius 2 is 1.94 bits per heavy atom. The van der Waals surface area contributed by atoms with Gasteiger partial charge in [-0.3, -0.25) is 9.78 Å². The Labute approximate surface area is 194 Å². The van der Waals surface area contributed by atoms with Crippen molar-refractivity contribution in [3.05, 3.63) is 59.9 Å². The molecule has 0 aliphatic carbocycles. The smallest absolute Gasteiger partial charge is 0.251 e. The number of anilines is 3. The third kappa shape index (κ3) is 4.40. The lowest BCUT2D eigenvalue weighted by molar-refractivity contribution is 0.0953. The number of benzene rings is 1. The van der Waals surface area contributed by atoms with E-state index in [1.165, 1.54) is 6.42 Å². The number of piperidine rings is 1. The van der Waals surface area contributed by atoms with Crippen LogP contribution in [-0.4, -0.2) is 47.0 Å². The second kappa shape index (κ2) is 9.57. The molecule has 0 saturated carbocycles. The number of aromatic nitrogens is 3. The lowest BCUT2D eigenvalue weighted by Crippen LogP contribution is -2.31. The summed E-state index contributed by atoms with van der Waals surface area (Å²) in [5.41, 5.74) is 4.72. The standard InChI is InChI=1S/C26H30N6O/c1-2-12-28-25(33)20-9-6-8-19(17-20)23-22-11-16-32(21-10-7-13-27-18-21)24(22)30-26(29-23)31-14-4-3-5-15-31/h6-10,13,17-18H,2-5,11-12,14-16H2,1H3,(H,28,33). The van der Waals surface area contributed by atoms with Gasteiger partial charge in [-0.2, -0.15) is 4.98 Å². The fourth-order valence-corrected chi connectivity index (χ4v) is 4.63. The summed E-state index contributed by atoms with van der Waals surface area (Å²) >= 11 is 0. The van der Waals surface area contributed by atoms with Crippen molar-refractivity contribution in [3.8, 4) is 11.3 Å². The van der Waals surface area contributed by atoms with Gasteiger partial charge in [-0.05, 0) is 56.4 Å². The van der Waals surface area contributed by atoms with Crippen molar-refractivity contribution in [2.24, 2.45) is 0 Å². The molecule has 0 bridgehead atoms. The lowest BCUT2D eigenvalue weighted by atomic mass is 10.0. The number of amides is 1. The molecule has 0 atom stereocenters. The normalized spacial score (nSPS) is 15.4. The predicted octanol–water partition coefficient (Wildman–Crippen LogP) is 4.36. The summed E-state index contributed by atoms with van der Waals surface area (Å²) in [6.45, 7) is 5.51. The molecule has 2 aliphatic rings. The highest BCUT2D eigenvalue weighted by molar-refractivity contribution is 5.95. The van der Waals surface area contributed by atoms with Gasteiger partial charge in [0.05, 0.1) is 17.6 Å². The van der Waals surface area contributed by atoms with Crippen molar-refractivity contribution in [2.45, 2.75) is 39.0 Å². The second-order valence-corrected chi connectivity index (χ2v) is 8.67. The summed E-state index contributed by atoms with van der Waals surface area (Å²) in [5.74, 6) is 1.69. The van der Waals surface area contributed by atoms with Crippen molar-refractivity contribution >= 4 is 23.4 Å². The van der Waals surface area contributed by atoms with Gasteiger partial charge in [-0.25, -0.2) is 4.98 Å². The molecule has 33 heavy (non-hydrogen) atoms. The zero-order chi connectivity index (χ0) is 22.6. The number of pyridine rings is 1. The number of nitrogens with one attached hydrogen (secondary N) is 1. The number of nitrogens with zero attached hydrogens (tertiary/aromatic N) is 5. The van der Waals surface area contributed by atoms with Crippen LogP contribution in [0.15, 0.2) is 48.8 Å². The number of hydrogen-bond acceptors (Lipinski definition) is 6. The lowest BCUT2D eigenvalue weighted by Gasteiger charge is -2.28. The van der Waals surface area contributed by atoms with Gasteiger partial charge in [0, 0.05) is 49.1 Å². The van der Waals surface area contributed by atoms with E-state index in [1.807, 2.05) is 36.5 Å². The van der Waals surface area contributed by atoms with E-state index in [1.54, 1.807) is 6.20 Å². The molecule has 1 aromatic carbocycles. The monoisotopic (exact) mass is 442 g/mol. The maximum absolute atomic E-state index is 12.6. The van der Waals surface area contributed by atoms with Gasteiger partial charge in [-0.1, -0.05) is 19.1 Å². The number of carbonyl (C=O) groups excluding carboxylic acids is 1. The summed E-state index contributed by atoms with van der Waals surface area (Å²) in [6, 6.07) is 11.8. The zero-order valence-electron chi connectivity index (χ0n) is 19.1. The molecule has 7 heteroatoms. The summed E-state index contributed by atoms with van der Waals surface area (Å²) in [4.78, 5) is 31.6. The minimum atomic E-state index is -0.0439. The van der Waals surface area contributed by atoms with Crippen LogP contribution < -0.4 is 15.1 Å². The molecule has 1 saturated heterocycles. The molecule has 0 spiro atoms. The van der Waals surface area contributed by atoms with Crippen LogP contribution in [0.3, 0.4) is 0 Å². The summed E-state index contributed by atoms with van der Waals surface area (Å²) in [7, 11) is 0. The Morgan fingerprint density at radius 1 is 1.06 bits per heavy atom. The fourth-order valence-electron chi connectivity index (χ4n) is 4.63. The van der Waals surface area contributed by atoms with Crippen LogP contribution in [0.4, 0.5) is 17.5 Å². The first-order chi connectivity index (χ1) is 16.2. The first kappa shape index (κ1) is 21.4. The maximum atomic E-state index is 12.6. The van der Waals surface area contributed by atoms with Gasteiger partial charge >= 0.3 is 0 Å². The van der Waals surface area contributed by atoms with Crippen LogP contribution in [-0.2, 0) is 6.42 Å². The average molecular weight is 443 g/mol. The van der Waals surface area contributed by atoms with E-state index in [2.05, 4.69) is 33.1 Å². The quantitative estimate of drug-likeness (QED) is 0.611. The van der Waals surface area contributed by atoms with Gasteiger partial charge in [-0.15, -0.1) is 0 Å². The highest BCUT2D eigenvalue weighted by Crippen LogP contribution is 2.39. The molecule has 7 nitrogen and oxygen atoms in total. The summed E-state index contributed by atoms with van der Waals surface area (Å²) < 4.78 is 0. The van der Waals surface area contributed by atoms with Crippen LogP contribution in [0.25, 0.3) is 11.3 Å². The average Bonchev–Trinajstić information content (AvgIpc) is 3.32. The van der Waals surface area contributed by atoms with Crippen molar-refractivity contribution in [3.63, 3.8) is 0 Å². The van der Waals surface area contributed by atoms with Crippen molar-refractivity contribution < 1.29 is 4.79 Å². The zero-order valence-corrected chi connectivity index (χ0v) is 19.1. The van der Waals surface area contributed by atoms with E-state index < -0.39 is 0 Å². The molecule has 5 rings (SSSR count). The van der Waals surface area contributed by atoms with Crippen LogP contribution >= 0.6 is 0 Å². The Bertz CT molecular complexity index is 1130. The van der Waals surface area contributed by atoms with E-state index in [-0.39, 0.29) is 5.91 Å². The van der Waals surface area contributed by atoms with Crippen LogP contribution in [0.1, 0.15) is 48.5 Å². The van der Waals surface area contributed by atoms with Gasteiger partial charge in [0.25, 0.3) is 5.91 Å². The number of rotatable bonds is 6. The summed E-state index contributed by atoms with van der Waals surface area (Å²) in [5, 5.41) is 2.98. The third-order valence-corrected chi connectivity index (χ3v) is 6.34. The highest BCUT2D eigenvalue weighted by Gasteiger charge is 2.29. The molecular formula is C26H30N6O. The van der Waals surface area contributed by atoms with E-state index >= 15 is 0 Å². The van der Waals surface area contributed by atoms with Gasteiger partial charge < -0.3 is 15.1 Å². The molecule has 3 aromatic rings. The maximum Gasteiger partial charge on any atom is 0.251 e. The topological polar surface area (TPSA) is 74.2 Å². The van der Waals surface area contributed by atoms with Crippen molar-refractivity contribution in [1.29, 1.82) is 0 Å². The van der Waals surface area contributed by atoms with Crippen LogP contribution in [0.5, 0.6) is 0 Å². The van der Waals surface area contributed by atoms with E-state index in [0.717, 1.165) is 79.6 Å². The van der Waals surface area contributed by atoms with E-state index in [0.29, 0.717) is 12.1 Å². The van der Waals surface area contributed by atoms with Gasteiger partial charge in [0.1, 0.15) is 5.82 Å². The Kier molecular flexibility index (Phi) is 6.19. The SMILES string of the molecule is CCCNC(=O)c1cccc(-c2nc(N3CCCCC3)nc3c2CCN3c2cccnc2)c1. The van der Waals surface area contributed by atoms with E-state index in [9.17, 15) is 4.79 Å². The molecule has 2 aliphatic heterocycles. The first-order valence-corrected chi connectivity index (χ1v) is 12.0. The molecule has 170 valence electrons. The van der Waals surface area contributed by atoms with Crippen LogP contribution in [0.2, 0.25) is 0 Å². The minimum Gasteiger partial charge on any atom is -0.352 e. The second-order valence-electron chi connectivity index (χ2n) is 8.67. The Balaban J connectivity index is 1.59. The minimum absolute atomic E-state index is 0.0439. The molecule has 4 heterocycles. The Hall–Kier alpha value is -3.48. The molecule has 1 N–H and O–H groups in total. The van der Waals surface area contributed by atoms with Crippen molar-refractivity contribution in [1.82, 2.24) is 20.3 Å². The molecule has 0 radical (unpaired) electrons.